The molecule has 0 fully saturated rings. The SMILES string of the molecule is CC([As]Cc1ccc(OCc2ccccc2F)cc1)C(N)=O. The van der Waals surface area contributed by atoms with Gasteiger partial charge in [-0.2, -0.15) is 0 Å². The number of ether oxygens (including phenoxy) is 1. The summed E-state index contributed by atoms with van der Waals surface area (Å²) in [6.07, 6.45) is 0. The molecular formula is C17H18AsFNO2. The molecule has 0 aliphatic carbocycles. The third-order valence-electron chi connectivity index (χ3n) is 3.24. The average molecular weight is 362 g/mol. The fourth-order valence-corrected chi connectivity index (χ4v) is 3.64. The van der Waals surface area contributed by atoms with Crippen molar-refractivity contribution in [1.29, 1.82) is 0 Å². The van der Waals surface area contributed by atoms with Crippen molar-refractivity contribution in [2.75, 3.05) is 0 Å². The maximum atomic E-state index is 13.5. The van der Waals surface area contributed by atoms with Crippen LogP contribution in [0.4, 0.5) is 4.39 Å². The Balaban J connectivity index is 1.87. The molecule has 1 amide bonds. The molecular weight excluding hydrogens is 344 g/mol. The predicted molar refractivity (Wildman–Crippen MR) is 85.3 cm³/mol. The van der Waals surface area contributed by atoms with E-state index in [4.69, 9.17) is 10.5 Å². The second-order valence-electron chi connectivity index (χ2n) is 4.94. The van der Waals surface area contributed by atoms with Gasteiger partial charge in [0.15, 0.2) is 0 Å². The molecule has 0 aliphatic rings. The molecule has 2 N–H and O–H groups in total. The third kappa shape index (κ3) is 4.88. The molecule has 1 atom stereocenters. The second-order valence-corrected chi connectivity index (χ2v) is 8.00. The molecule has 0 heterocycles. The summed E-state index contributed by atoms with van der Waals surface area (Å²) < 4.78 is 19.0. The minimum atomic E-state index is -0.261. The molecule has 22 heavy (non-hydrogen) atoms. The summed E-state index contributed by atoms with van der Waals surface area (Å²) in [5, 5.41) is 0.883. The number of hydrogen-bond acceptors (Lipinski definition) is 2. The van der Waals surface area contributed by atoms with Gasteiger partial charge >= 0.3 is 136 Å². The van der Waals surface area contributed by atoms with Crippen molar-refractivity contribution in [3.63, 3.8) is 0 Å². The van der Waals surface area contributed by atoms with Gasteiger partial charge in [-0.25, -0.2) is 0 Å². The molecule has 0 bridgehead atoms. The quantitative estimate of drug-likeness (QED) is 0.770. The van der Waals surface area contributed by atoms with Gasteiger partial charge < -0.3 is 0 Å². The second kappa shape index (κ2) is 8.00. The van der Waals surface area contributed by atoms with Crippen LogP contribution in [0.1, 0.15) is 18.1 Å². The van der Waals surface area contributed by atoms with Crippen LogP contribution in [0.25, 0.3) is 0 Å². The number of primary amides is 1. The van der Waals surface area contributed by atoms with Gasteiger partial charge in [0.25, 0.3) is 0 Å². The van der Waals surface area contributed by atoms with Crippen LogP contribution in [0.2, 0.25) is 4.71 Å². The van der Waals surface area contributed by atoms with Crippen LogP contribution in [-0.2, 0) is 16.6 Å². The Morgan fingerprint density at radius 3 is 2.55 bits per heavy atom. The molecule has 1 unspecified atom stereocenters. The van der Waals surface area contributed by atoms with Gasteiger partial charge in [-0.3, -0.25) is 0 Å². The van der Waals surface area contributed by atoms with Crippen molar-refractivity contribution < 1.29 is 13.9 Å². The zero-order valence-corrected chi connectivity index (χ0v) is 14.2. The van der Waals surface area contributed by atoms with Crippen LogP contribution in [0.3, 0.4) is 0 Å². The predicted octanol–water partition coefficient (Wildman–Crippen LogP) is 2.90. The molecule has 0 spiro atoms. The zero-order chi connectivity index (χ0) is 15.9. The van der Waals surface area contributed by atoms with Crippen LogP contribution in [0.15, 0.2) is 48.5 Å². The van der Waals surface area contributed by atoms with E-state index in [1.54, 1.807) is 18.2 Å². The molecule has 0 saturated carbocycles. The van der Waals surface area contributed by atoms with E-state index in [-0.39, 0.29) is 38.8 Å². The Bertz CT molecular complexity index is 631. The maximum absolute atomic E-state index is 13.5. The number of halogens is 1. The van der Waals surface area contributed by atoms with Crippen molar-refractivity contribution in [3.8, 4) is 5.75 Å². The monoisotopic (exact) mass is 362 g/mol. The molecule has 0 aliphatic heterocycles. The van der Waals surface area contributed by atoms with Gasteiger partial charge in [0.2, 0.25) is 0 Å². The van der Waals surface area contributed by atoms with E-state index in [1.165, 1.54) is 6.07 Å². The molecule has 0 aromatic heterocycles. The molecule has 115 valence electrons. The van der Waals surface area contributed by atoms with E-state index < -0.39 is 0 Å². The van der Waals surface area contributed by atoms with Gasteiger partial charge in [-0.15, -0.1) is 0 Å². The number of benzene rings is 2. The minimum absolute atomic E-state index is 0.0340. The van der Waals surface area contributed by atoms with E-state index in [9.17, 15) is 9.18 Å². The molecule has 2 rings (SSSR count). The van der Waals surface area contributed by atoms with Crippen LogP contribution in [-0.4, -0.2) is 21.7 Å². The topological polar surface area (TPSA) is 52.3 Å². The van der Waals surface area contributed by atoms with Gasteiger partial charge in [-0.1, -0.05) is 0 Å². The van der Waals surface area contributed by atoms with Gasteiger partial charge in [0, 0.05) is 0 Å². The molecule has 2 aromatic rings. The van der Waals surface area contributed by atoms with Crippen molar-refractivity contribution in [3.05, 3.63) is 65.5 Å². The van der Waals surface area contributed by atoms with Crippen LogP contribution in [0.5, 0.6) is 5.75 Å². The first-order chi connectivity index (χ1) is 10.6. The van der Waals surface area contributed by atoms with E-state index in [0.29, 0.717) is 11.3 Å². The van der Waals surface area contributed by atoms with Crippen molar-refractivity contribution >= 4 is 21.7 Å². The Morgan fingerprint density at radius 2 is 1.91 bits per heavy atom. The number of hydrogen-bond donors (Lipinski definition) is 1. The van der Waals surface area contributed by atoms with Crippen LogP contribution < -0.4 is 10.5 Å². The zero-order valence-electron chi connectivity index (χ0n) is 12.3. The normalized spacial score (nSPS) is 12.5. The fourth-order valence-electron chi connectivity index (χ4n) is 1.80. The van der Waals surface area contributed by atoms with Gasteiger partial charge in [0.05, 0.1) is 0 Å². The first kappa shape index (κ1) is 16.6. The average Bonchev–Trinajstić information content (AvgIpc) is 2.52. The standard InChI is InChI=1S/C17H18AsFNO2/c1-12(17(20)21)18-10-13-6-8-15(9-7-13)22-11-14-4-2-3-5-16(14)19/h2-9,12H,10-11H2,1H3,(H2,20,21). The van der Waals surface area contributed by atoms with Crippen LogP contribution in [0, 0.1) is 5.82 Å². The number of amides is 1. The summed E-state index contributed by atoms with van der Waals surface area (Å²) in [7, 11) is 0. The Hall–Kier alpha value is -1.80. The number of carbonyl (C=O) groups excluding carboxylic acids is 1. The van der Waals surface area contributed by atoms with E-state index >= 15 is 0 Å². The van der Waals surface area contributed by atoms with Crippen LogP contribution >= 0.6 is 0 Å². The summed E-state index contributed by atoms with van der Waals surface area (Å²) in [4.78, 5) is 11.0. The summed E-state index contributed by atoms with van der Waals surface area (Å²) in [5.41, 5.74) is 6.96. The van der Waals surface area contributed by atoms with Gasteiger partial charge in [-0.05, 0) is 0 Å². The number of rotatable bonds is 7. The third-order valence-corrected chi connectivity index (χ3v) is 6.07. The Morgan fingerprint density at radius 1 is 1.23 bits per heavy atom. The number of carbonyl (C=O) groups is 1. The summed E-state index contributed by atoms with van der Waals surface area (Å²) in [5.74, 6) is 0.208. The molecule has 2 aromatic carbocycles. The summed E-state index contributed by atoms with van der Waals surface area (Å²) in [6, 6.07) is 14.2. The van der Waals surface area contributed by atoms with E-state index in [1.807, 2.05) is 31.2 Å². The van der Waals surface area contributed by atoms with E-state index in [2.05, 4.69) is 0 Å². The summed E-state index contributed by atoms with van der Waals surface area (Å²) >= 11 is -0.132. The first-order valence-electron chi connectivity index (χ1n) is 6.97. The number of nitrogens with two attached hydrogens (primary N) is 1. The molecule has 0 saturated heterocycles. The molecule has 1 radical (unpaired) electrons. The van der Waals surface area contributed by atoms with E-state index in [0.717, 1.165) is 10.8 Å². The molecule has 3 nitrogen and oxygen atoms in total. The van der Waals surface area contributed by atoms with Crippen molar-refractivity contribution in [1.82, 2.24) is 0 Å². The first-order valence-corrected chi connectivity index (χ1v) is 9.38. The Kier molecular flexibility index (Phi) is 6.02. The Labute approximate surface area is 136 Å². The fraction of sp³-hybridized carbons (Fsp3) is 0.235. The summed E-state index contributed by atoms with van der Waals surface area (Å²) in [6.45, 7) is 2.07. The van der Waals surface area contributed by atoms with Crippen molar-refractivity contribution in [2.24, 2.45) is 5.73 Å². The van der Waals surface area contributed by atoms with Gasteiger partial charge in [0.1, 0.15) is 0 Å². The van der Waals surface area contributed by atoms with Crippen molar-refractivity contribution in [2.45, 2.75) is 23.4 Å². The molecule has 5 heteroatoms.